The van der Waals surface area contributed by atoms with Crippen molar-refractivity contribution in [3.05, 3.63) is 35.4 Å². The van der Waals surface area contributed by atoms with Gasteiger partial charge in [-0.05, 0) is 43.4 Å². The fraction of sp³-hybridized carbons (Fsp3) is 0.562. The molecule has 98 valence electrons. The van der Waals surface area contributed by atoms with Crippen LogP contribution in [0.5, 0.6) is 0 Å². The van der Waals surface area contributed by atoms with E-state index in [2.05, 4.69) is 19.9 Å². The Morgan fingerprint density at radius 1 is 1.17 bits per heavy atom. The van der Waals surface area contributed by atoms with Gasteiger partial charge in [-0.25, -0.2) is 0 Å². The van der Waals surface area contributed by atoms with Gasteiger partial charge in [0.15, 0.2) is 0 Å². The van der Waals surface area contributed by atoms with Crippen molar-refractivity contribution in [3.63, 3.8) is 0 Å². The zero-order valence-corrected chi connectivity index (χ0v) is 11.4. The molecule has 0 radical (unpaired) electrons. The first-order valence-electron chi connectivity index (χ1n) is 6.85. The third-order valence-electron chi connectivity index (χ3n) is 3.37. The number of hydrogen-bond acceptors (Lipinski definition) is 2. The van der Waals surface area contributed by atoms with Crippen molar-refractivity contribution in [2.24, 2.45) is 0 Å². The number of aryl methyl sites for hydroxylation is 1. The molecule has 0 atom stereocenters. The molecule has 0 unspecified atom stereocenters. The summed E-state index contributed by atoms with van der Waals surface area (Å²) in [7, 11) is 0. The van der Waals surface area contributed by atoms with E-state index in [0.717, 1.165) is 44.1 Å². The van der Waals surface area contributed by atoms with Crippen molar-refractivity contribution in [2.75, 3.05) is 0 Å². The molecule has 18 heavy (non-hydrogen) atoms. The Bertz CT molecular complexity index is 400. The normalized spacial score (nSPS) is 11.2. The monoisotopic (exact) mass is 245 g/mol. The third-order valence-corrected chi connectivity index (χ3v) is 3.37. The van der Waals surface area contributed by atoms with Gasteiger partial charge in [0.05, 0.1) is 17.2 Å². The van der Waals surface area contributed by atoms with Crippen LogP contribution in [0.25, 0.3) is 0 Å². The number of nitriles is 1. The van der Waals surface area contributed by atoms with E-state index in [4.69, 9.17) is 5.26 Å². The summed E-state index contributed by atoms with van der Waals surface area (Å²) in [6, 6.07) is 9.82. The van der Waals surface area contributed by atoms with Crippen LogP contribution >= 0.6 is 0 Å². The summed E-state index contributed by atoms with van der Waals surface area (Å²) in [5.41, 5.74) is 1.30. The molecule has 1 aromatic carbocycles. The highest BCUT2D eigenvalue weighted by Gasteiger charge is 2.24. The van der Waals surface area contributed by atoms with E-state index in [1.807, 2.05) is 24.3 Å². The quantitative estimate of drug-likeness (QED) is 0.793. The van der Waals surface area contributed by atoms with Gasteiger partial charge in [-0.15, -0.1) is 0 Å². The van der Waals surface area contributed by atoms with Crippen molar-refractivity contribution < 1.29 is 5.11 Å². The molecule has 1 rings (SSSR count). The number of aliphatic hydroxyl groups is 1. The molecule has 0 aliphatic carbocycles. The Labute approximate surface area is 110 Å². The molecule has 0 spiro atoms. The molecule has 0 saturated heterocycles. The first kappa shape index (κ1) is 14.7. The average molecular weight is 245 g/mol. The lowest BCUT2D eigenvalue weighted by Crippen LogP contribution is -2.28. The van der Waals surface area contributed by atoms with Gasteiger partial charge in [-0.3, -0.25) is 0 Å². The number of benzene rings is 1. The smallest absolute Gasteiger partial charge is 0.0991 e. The van der Waals surface area contributed by atoms with Gasteiger partial charge in [0, 0.05) is 0 Å². The van der Waals surface area contributed by atoms with Crippen LogP contribution in [-0.2, 0) is 6.42 Å². The second kappa shape index (κ2) is 7.18. The van der Waals surface area contributed by atoms with Crippen LogP contribution in [0, 0.1) is 11.3 Å². The molecule has 2 nitrogen and oxygen atoms in total. The fourth-order valence-corrected chi connectivity index (χ4v) is 2.48. The molecule has 1 N–H and O–H groups in total. The first-order chi connectivity index (χ1) is 8.63. The Kier molecular flexibility index (Phi) is 5.88. The highest BCUT2D eigenvalue weighted by atomic mass is 16.3. The lowest BCUT2D eigenvalue weighted by Gasteiger charge is -2.27. The largest absolute Gasteiger partial charge is 0.390 e. The predicted molar refractivity (Wildman–Crippen MR) is 74.2 cm³/mol. The molecule has 1 aromatic rings. The Hall–Kier alpha value is -1.33. The molecule has 0 aromatic heterocycles. The maximum absolute atomic E-state index is 10.5. The first-order valence-corrected chi connectivity index (χ1v) is 6.85. The van der Waals surface area contributed by atoms with Crippen LogP contribution in [0.15, 0.2) is 24.3 Å². The second-order valence-corrected chi connectivity index (χ2v) is 5.04. The van der Waals surface area contributed by atoms with Crippen molar-refractivity contribution >= 4 is 0 Å². The Balaban J connectivity index is 2.64. The topological polar surface area (TPSA) is 44.0 Å². The fourth-order valence-electron chi connectivity index (χ4n) is 2.48. The van der Waals surface area contributed by atoms with Gasteiger partial charge < -0.3 is 5.11 Å². The number of nitrogens with zero attached hydrogens (tertiary/aromatic N) is 1. The summed E-state index contributed by atoms with van der Waals surface area (Å²) in [6.45, 7) is 4.22. The SMILES string of the molecule is CCCC(O)(CCC)CCc1cccc(C#N)c1. The minimum atomic E-state index is -0.536. The lowest BCUT2D eigenvalue weighted by molar-refractivity contribution is 0.0132. The zero-order valence-electron chi connectivity index (χ0n) is 11.4. The van der Waals surface area contributed by atoms with E-state index in [1.54, 1.807) is 0 Å². The molecule has 0 bridgehead atoms. The summed E-state index contributed by atoms with van der Waals surface area (Å²) >= 11 is 0. The highest BCUT2D eigenvalue weighted by Crippen LogP contribution is 2.25. The lowest BCUT2D eigenvalue weighted by atomic mass is 9.86. The van der Waals surface area contributed by atoms with Gasteiger partial charge in [0.25, 0.3) is 0 Å². The van der Waals surface area contributed by atoms with E-state index >= 15 is 0 Å². The maximum atomic E-state index is 10.5. The molecule has 0 aliphatic rings. The summed E-state index contributed by atoms with van der Waals surface area (Å²) < 4.78 is 0. The highest BCUT2D eigenvalue weighted by molar-refractivity contribution is 5.32. The third kappa shape index (κ3) is 4.50. The van der Waals surface area contributed by atoms with Crippen LogP contribution in [0.4, 0.5) is 0 Å². The van der Waals surface area contributed by atoms with E-state index in [0.29, 0.717) is 5.56 Å². The molecule has 2 heteroatoms. The van der Waals surface area contributed by atoms with E-state index < -0.39 is 5.60 Å². The van der Waals surface area contributed by atoms with E-state index in [-0.39, 0.29) is 0 Å². The van der Waals surface area contributed by atoms with Crippen LogP contribution in [-0.4, -0.2) is 10.7 Å². The van der Waals surface area contributed by atoms with Crippen molar-refractivity contribution in [1.29, 1.82) is 5.26 Å². The van der Waals surface area contributed by atoms with Crippen molar-refractivity contribution in [3.8, 4) is 6.07 Å². The van der Waals surface area contributed by atoms with Crippen molar-refractivity contribution in [2.45, 2.75) is 58.0 Å². The standard InChI is InChI=1S/C16H23NO/c1-3-9-16(18,10-4-2)11-8-14-6-5-7-15(12-14)13-17/h5-7,12,18H,3-4,8-11H2,1-2H3. The van der Waals surface area contributed by atoms with Gasteiger partial charge in [0.1, 0.15) is 0 Å². The number of hydrogen-bond donors (Lipinski definition) is 1. The molecule has 0 saturated carbocycles. The molecule has 0 aliphatic heterocycles. The van der Waals surface area contributed by atoms with Gasteiger partial charge in [0.2, 0.25) is 0 Å². The van der Waals surface area contributed by atoms with Gasteiger partial charge >= 0.3 is 0 Å². The Morgan fingerprint density at radius 3 is 2.39 bits per heavy atom. The Morgan fingerprint density at radius 2 is 1.83 bits per heavy atom. The minimum Gasteiger partial charge on any atom is -0.390 e. The minimum absolute atomic E-state index is 0.536. The van der Waals surface area contributed by atoms with Crippen LogP contribution in [0.3, 0.4) is 0 Å². The van der Waals surface area contributed by atoms with Crippen LogP contribution in [0.1, 0.15) is 57.1 Å². The summed E-state index contributed by atoms with van der Waals surface area (Å²) in [5, 5.41) is 19.4. The molecule has 0 heterocycles. The zero-order chi connectivity index (χ0) is 13.4. The van der Waals surface area contributed by atoms with Crippen LogP contribution < -0.4 is 0 Å². The molecular weight excluding hydrogens is 222 g/mol. The number of rotatable bonds is 7. The van der Waals surface area contributed by atoms with E-state index in [1.165, 1.54) is 0 Å². The summed E-state index contributed by atoms with van der Waals surface area (Å²) in [5.74, 6) is 0. The van der Waals surface area contributed by atoms with Crippen molar-refractivity contribution in [1.82, 2.24) is 0 Å². The van der Waals surface area contributed by atoms with Gasteiger partial charge in [-0.2, -0.15) is 5.26 Å². The summed E-state index contributed by atoms with van der Waals surface area (Å²) in [6.07, 6.45) is 5.36. The van der Waals surface area contributed by atoms with Crippen LogP contribution in [0.2, 0.25) is 0 Å². The van der Waals surface area contributed by atoms with Gasteiger partial charge in [-0.1, -0.05) is 38.8 Å². The second-order valence-electron chi connectivity index (χ2n) is 5.04. The molecule has 0 fully saturated rings. The van der Waals surface area contributed by atoms with E-state index in [9.17, 15) is 5.11 Å². The molecule has 0 amide bonds. The maximum Gasteiger partial charge on any atom is 0.0991 e. The predicted octanol–water partition coefficient (Wildman–Crippen LogP) is 3.82. The summed E-state index contributed by atoms with van der Waals surface area (Å²) in [4.78, 5) is 0. The average Bonchev–Trinajstić information content (AvgIpc) is 2.37. The molecular formula is C16H23NO.